The number of carbonyl (C=O) groups excluding carboxylic acids is 3. The molecule has 1 N–H and O–H groups in total. The second kappa shape index (κ2) is 10.4. The van der Waals surface area contributed by atoms with Crippen molar-refractivity contribution in [2.75, 3.05) is 7.11 Å². The number of ether oxygens (including phenoxy) is 2. The lowest BCUT2D eigenvalue weighted by molar-refractivity contribution is -0.150. The molecule has 1 saturated heterocycles. The fourth-order valence-electron chi connectivity index (χ4n) is 4.33. The molecule has 7 nitrogen and oxygen atoms in total. The highest BCUT2D eigenvalue weighted by atomic mass is 35.5. The molecule has 8 heteroatoms. The summed E-state index contributed by atoms with van der Waals surface area (Å²) in [5.41, 5.74) is 1.09. The number of rotatable bonds is 8. The van der Waals surface area contributed by atoms with Crippen LogP contribution in [0.4, 0.5) is 4.79 Å². The molecule has 1 heterocycles. The molecule has 4 rings (SSSR count). The van der Waals surface area contributed by atoms with Crippen LogP contribution in [-0.2, 0) is 27.3 Å². The highest BCUT2D eigenvalue weighted by Gasteiger charge is 2.60. The first-order valence-electron chi connectivity index (χ1n) is 11.5. The van der Waals surface area contributed by atoms with Gasteiger partial charge in [-0.1, -0.05) is 60.1 Å². The van der Waals surface area contributed by atoms with Gasteiger partial charge in [-0.05, 0) is 60.4 Å². The zero-order chi connectivity index (χ0) is 25.9. The summed E-state index contributed by atoms with van der Waals surface area (Å²) in [6, 6.07) is 20.8. The predicted molar refractivity (Wildman–Crippen MR) is 136 cm³/mol. The van der Waals surface area contributed by atoms with Crippen molar-refractivity contribution in [2.45, 2.75) is 38.5 Å². The van der Waals surface area contributed by atoms with Gasteiger partial charge in [0.25, 0.3) is 17.4 Å². The number of methoxy groups -OCH3 is 1. The maximum absolute atomic E-state index is 13.8. The molecule has 0 aromatic heterocycles. The monoisotopic (exact) mass is 506 g/mol. The fourth-order valence-corrected chi connectivity index (χ4v) is 4.46. The Hall–Kier alpha value is -3.84. The van der Waals surface area contributed by atoms with Crippen LogP contribution in [-0.4, -0.2) is 35.5 Å². The number of hydrogen-bond acceptors (Lipinski definition) is 5. The van der Waals surface area contributed by atoms with E-state index in [4.69, 9.17) is 21.1 Å². The quantitative estimate of drug-likeness (QED) is 0.435. The number of aryl methyl sites for hydroxylation is 1. The van der Waals surface area contributed by atoms with Crippen LogP contribution >= 0.6 is 11.6 Å². The molecule has 1 aliphatic rings. The third-order valence-corrected chi connectivity index (χ3v) is 6.48. The summed E-state index contributed by atoms with van der Waals surface area (Å²) >= 11 is 5.99. The molecular formula is C28H27ClN2O5. The minimum Gasteiger partial charge on any atom is -0.497 e. The predicted octanol–water partition coefficient (Wildman–Crippen LogP) is 4.99. The van der Waals surface area contributed by atoms with E-state index < -0.39 is 29.6 Å². The van der Waals surface area contributed by atoms with Gasteiger partial charge >= 0.3 is 6.09 Å². The number of carbonyl (C=O) groups is 3. The van der Waals surface area contributed by atoms with E-state index in [0.717, 1.165) is 16.0 Å². The van der Waals surface area contributed by atoms with E-state index in [0.29, 0.717) is 21.9 Å². The summed E-state index contributed by atoms with van der Waals surface area (Å²) < 4.78 is 10.9. The third kappa shape index (κ3) is 5.06. The Morgan fingerprint density at radius 3 is 2.42 bits per heavy atom. The lowest BCUT2D eigenvalue weighted by Gasteiger charge is -2.26. The average Bonchev–Trinajstić information content (AvgIpc) is 3.12. The van der Waals surface area contributed by atoms with Gasteiger partial charge in [0, 0.05) is 18.0 Å². The lowest BCUT2D eigenvalue weighted by Crippen LogP contribution is -2.55. The van der Waals surface area contributed by atoms with Crippen molar-refractivity contribution >= 4 is 29.5 Å². The highest BCUT2D eigenvalue weighted by molar-refractivity contribution is 6.30. The van der Waals surface area contributed by atoms with Gasteiger partial charge in [-0.25, -0.2) is 9.69 Å². The minimum absolute atomic E-state index is 0.0920. The first-order chi connectivity index (χ1) is 17.2. The Labute approximate surface area is 215 Å². The number of cyclic esters (lactones) is 1. The van der Waals surface area contributed by atoms with Crippen LogP contribution < -0.4 is 10.1 Å². The number of halogens is 1. The summed E-state index contributed by atoms with van der Waals surface area (Å²) in [6.07, 6.45) is -0.962. The minimum atomic E-state index is -2.03. The van der Waals surface area contributed by atoms with Gasteiger partial charge in [-0.3, -0.25) is 9.59 Å². The second-order valence-corrected chi connectivity index (χ2v) is 9.24. The molecule has 1 aliphatic heterocycles. The summed E-state index contributed by atoms with van der Waals surface area (Å²) in [6.45, 7) is 3.76. The molecule has 3 aromatic rings. The van der Waals surface area contributed by atoms with Gasteiger partial charge in [-0.15, -0.1) is 0 Å². The van der Waals surface area contributed by atoms with E-state index in [1.807, 2.05) is 25.1 Å². The van der Waals surface area contributed by atoms with Gasteiger partial charge < -0.3 is 14.8 Å². The van der Waals surface area contributed by atoms with E-state index in [1.165, 1.54) is 0 Å². The summed E-state index contributed by atoms with van der Waals surface area (Å²) in [4.78, 5) is 41.5. The first kappa shape index (κ1) is 25.3. The van der Waals surface area contributed by atoms with Crippen LogP contribution in [0.5, 0.6) is 5.75 Å². The van der Waals surface area contributed by atoms with Crippen LogP contribution in [0.3, 0.4) is 0 Å². The molecule has 0 unspecified atom stereocenters. The highest BCUT2D eigenvalue weighted by Crippen LogP contribution is 2.35. The van der Waals surface area contributed by atoms with Gasteiger partial charge in [-0.2, -0.15) is 0 Å². The van der Waals surface area contributed by atoms with Gasteiger partial charge in [0.05, 0.1) is 13.2 Å². The van der Waals surface area contributed by atoms with Crippen molar-refractivity contribution in [3.05, 3.63) is 100 Å². The van der Waals surface area contributed by atoms with Crippen LogP contribution in [0.15, 0.2) is 72.8 Å². The zero-order valence-corrected chi connectivity index (χ0v) is 21.0. The SMILES string of the molecule is COc1cc(C)cc(CNC(=O)[C@@]2(Cc3ccccc3)OC(=O)N([C@H](C)c3ccc(Cl)cc3)C2=O)c1. The number of nitrogens with zero attached hydrogens (tertiary/aromatic N) is 1. The van der Waals surface area contributed by atoms with Gasteiger partial charge in [0.1, 0.15) is 5.75 Å². The van der Waals surface area contributed by atoms with Crippen LogP contribution in [0.25, 0.3) is 0 Å². The normalized spacial score (nSPS) is 18.1. The Morgan fingerprint density at radius 2 is 1.75 bits per heavy atom. The summed E-state index contributed by atoms with van der Waals surface area (Å²) in [5.74, 6) is -0.737. The molecule has 2 atom stereocenters. The van der Waals surface area contributed by atoms with Gasteiger partial charge in [0.15, 0.2) is 0 Å². The first-order valence-corrected chi connectivity index (χ1v) is 11.9. The Balaban J connectivity index is 1.64. The lowest BCUT2D eigenvalue weighted by atomic mass is 9.91. The van der Waals surface area contributed by atoms with E-state index in [2.05, 4.69) is 5.32 Å². The van der Waals surface area contributed by atoms with Crippen LogP contribution in [0, 0.1) is 6.92 Å². The van der Waals surface area contributed by atoms with E-state index in [1.54, 1.807) is 68.6 Å². The summed E-state index contributed by atoms with van der Waals surface area (Å²) in [5, 5.41) is 3.34. The van der Waals surface area contributed by atoms with E-state index in [-0.39, 0.29) is 13.0 Å². The Kier molecular flexibility index (Phi) is 7.31. The molecule has 0 spiro atoms. The molecular weight excluding hydrogens is 480 g/mol. The maximum Gasteiger partial charge on any atom is 0.418 e. The van der Waals surface area contributed by atoms with Crippen LogP contribution in [0.2, 0.25) is 5.02 Å². The smallest absolute Gasteiger partial charge is 0.418 e. The van der Waals surface area contributed by atoms with Crippen molar-refractivity contribution in [1.29, 1.82) is 0 Å². The Bertz CT molecular complexity index is 1280. The zero-order valence-electron chi connectivity index (χ0n) is 20.3. The number of hydrogen-bond donors (Lipinski definition) is 1. The molecule has 0 radical (unpaired) electrons. The molecule has 0 saturated carbocycles. The number of nitrogens with one attached hydrogen (secondary N) is 1. The van der Waals surface area contributed by atoms with Crippen LogP contribution in [0.1, 0.15) is 35.2 Å². The van der Waals surface area contributed by atoms with Crippen molar-refractivity contribution in [3.8, 4) is 5.75 Å². The van der Waals surface area contributed by atoms with Crippen molar-refractivity contribution in [1.82, 2.24) is 10.2 Å². The molecule has 0 aliphatic carbocycles. The molecule has 0 bridgehead atoms. The van der Waals surface area contributed by atoms with Crippen molar-refractivity contribution in [3.63, 3.8) is 0 Å². The topological polar surface area (TPSA) is 84.9 Å². The second-order valence-electron chi connectivity index (χ2n) is 8.80. The molecule has 1 fully saturated rings. The van der Waals surface area contributed by atoms with E-state index >= 15 is 0 Å². The Morgan fingerprint density at radius 1 is 1.06 bits per heavy atom. The molecule has 186 valence electrons. The van der Waals surface area contributed by atoms with E-state index in [9.17, 15) is 14.4 Å². The maximum atomic E-state index is 13.8. The van der Waals surface area contributed by atoms with Crippen molar-refractivity contribution < 1.29 is 23.9 Å². The molecule has 3 amide bonds. The largest absolute Gasteiger partial charge is 0.497 e. The number of imide groups is 1. The number of benzene rings is 3. The molecule has 36 heavy (non-hydrogen) atoms. The number of amides is 3. The van der Waals surface area contributed by atoms with Gasteiger partial charge in [0.2, 0.25) is 0 Å². The average molecular weight is 507 g/mol. The fraction of sp³-hybridized carbons (Fsp3) is 0.250. The summed E-state index contributed by atoms with van der Waals surface area (Å²) in [7, 11) is 1.57. The molecule has 3 aromatic carbocycles. The standard InChI is InChI=1S/C28H27ClN2O5/c1-18-13-21(15-24(14-18)35-3)17-30-25(32)28(16-20-7-5-4-6-8-20)26(33)31(27(34)36-28)19(2)22-9-11-23(29)12-10-22/h4-15,19H,16-17H2,1-3H3,(H,30,32)/t19-,28-/m1/s1. The third-order valence-electron chi connectivity index (χ3n) is 6.22. The van der Waals surface area contributed by atoms with Crippen molar-refractivity contribution in [2.24, 2.45) is 0 Å².